The average Bonchev–Trinajstić information content (AvgIpc) is 2.60. The minimum Gasteiger partial charge on any atom is -0.298 e. The standard InChI is InChI=1S/C13H12Cl2N2O/c1-8-11(7-18)9(2)17(16-8)6-10-4-3-5-12(14)13(10)15/h3-5,7H,6H2,1-2H3. The van der Waals surface area contributed by atoms with Crippen molar-refractivity contribution in [1.29, 1.82) is 0 Å². The molecule has 2 rings (SSSR count). The molecule has 5 heteroatoms. The Morgan fingerprint density at radius 1 is 1.33 bits per heavy atom. The summed E-state index contributed by atoms with van der Waals surface area (Å²) in [7, 11) is 0. The highest BCUT2D eigenvalue weighted by molar-refractivity contribution is 6.42. The van der Waals surface area contributed by atoms with E-state index >= 15 is 0 Å². The molecule has 0 N–H and O–H groups in total. The number of hydrogen-bond donors (Lipinski definition) is 0. The smallest absolute Gasteiger partial charge is 0.153 e. The molecule has 0 bridgehead atoms. The number of benzene rings is 1. The van der Waals surface area contributed by atoms with Crippen molar-refractivity contribution in [2.24, 2.45) is 0 Å². The maximum Gasteiger partial charge on any atom is 0.153 e. The van der Waals surface area contributed by atoms with Gasteiger partial charge in [0.05, 0.1) is 27.8 Å². The van der Waals surface area contributed by atoms with Gasteiger partial charge in [0.15, 0.2) is 6.29 Å². The second kappa shape index (κ2) is 5.12. The fraction of sp³-hybridized carbons (Fsp3) is 0.231. The molecule has 0 aliphatic heterocycles. The third-order valence-electron chi connectivity index (χ3n) is 2.91. The summed E-state index contributed by atoms with van der Waals surface area (Å²) in [6.07, 6.45) is 0.827. The van der Waals surface area contributed by atoms with Gasteiger partial charge in [-0.3, -0.25) is 9.48 Å². The van der Waals surface area contributed by atoms with Gasteiger partial charge in [0.2, 0.25) is 0 Å². The second-order valence-electron chi connectivity index (χ2n) is 4.07. The normalized spacial score (nSPS) is 10.7. The summed E-state index contributed by atoms with van der Waals surface area (Å²) >= 11 is 12.1. The lowest BCUT2D eigenvalue weighted by Crippen LogP contribution is -2.05. The Kier molecular flexibility index (Phi) is 3.73. The van der Waals surface area contributed by atoms with Gasteiger partial charge < -0.3 is 0 Å². The largest absolute Gasteiger partial charge is 0.298 e. The van der Waals surface area contributed by atoms with Gasteiger partial charge in [-0.05, 0) is 25.5 Å². The molecule has 0 saturated heterocycles. The van der Waals surface area contributed by atoms with E-state index in [0.29, 0.717) is 22.2 Å². The van der Waals surface area contributed by atoms with E-state index in [4.69, 9.17) is 23.2 Å². The molecule has 0 unspecified atom stereocenters. The number of halogens is 2. The first kappa shape index (κ1) is 13.1. The van der Waals surface area contributed by atoms with Crippen molar-refractivity contribution in [3.8, 4) is 0 Å². The van der Waals surface area contributed by atoms with Crippen LogP contribution in [0.15, 0.2) is 18.2 Å². The van der Waals surface area contributed by atoms with E-state index in [1.54, 1.807) is 10.7 Å². The van der Waals surface area contributed by atoms with Crippen molar-refractivity contribution in [2.45, 2.75) is 20.4 Å². The second-order valence-corrected chi connectivity index (χ2v) is 4.86. The van der Waals surface area contributed by atoms with Gasteiger partial charge in [0.1, 0.15) is 0 Å². The van der Waals surface area contributed by atoms with Crippen LogP contribution >= 0.6 is 23.2 Å². The van der Waals surface area contributed by atoms with Crippen molar-refractivity contribution in [3.63, 3.8) is 0 Å². The minimum atomic E-state index is 0.500. The molecule has 3 nitrogen and oxygen atoms in total. The van der Waals surface area contributed by atoms with Gasteiger partial charge in [-0.2, -0.15) is 5.10 Å². The summed E-state index contributed by atoms with van der Waals surface area (Å²) in [5, 5.41) is 5.38. The van der Waals surface area contributed by atoms with E-state index in [2.05, 4.69) is 5.10 Å². The maximum absolute atomic E-state index is 10.9. The number of aryl methyl sites for hydroxylation is 1. The van der Waals surface area contributed by atoms with Gasteiger partial charge >= 0.3 is 0 Å². The monoisotopic (exact) mass is 282 g/mol. The molecule has 1 heterocycles. The molecule has 18 heavy (non-hydrogen) atoms. The summed E-state index contributed by atoms with van der Waals surface area (Å²) in [6.45, 7) is 4.18. The van der Waals surface area contributed by atoms with Crippen LogP contribution in [0, 0.1) is 13.8 Å². The van der Waals surface area contributed by atoms with Crippen molar-refractivity contribution < 1.29 is 4.79 Å². The van der Waals surface area contributed by atoms with Gasteiger partial charge in [-0.15, -0.1) is 0 Å². The highest BCUT2D eigenvalue weighted by atomic mass is 35.5. The summed E-state index contributed by atoms with van der Waals surface area (Å²) in [5.74, 6) is 0. The number of hydrogen-bond acceptors (Lipinski definition) is 2. The number of nitrogens with zero attached hydrogens (tertiary/aromatic N) is 2. The Bertz CT molecular complexity index is 605. The Labute approximate surface area is 115 Å². The number of carbonyl (C=O) groups is 1. The van der Waals surface area contributed by atoms with Gasteiger partial charge in [0.25, 0.3) is 0 Å². The highest BCUT2D eigenvalue weighted by Crippen LogP contribution is 2.26. The first-order valence-corrected chi connectivity index (χ1v) is 6.22. The van der Waals surface area contributed by atoms with Crippen molar-refractivity contribution >= 4 is 29.5 Å². The predicted molar refractivity (Wildman–Crippen MR) is 72.7 cm³/mol. The minimum absolute atomic E-state index is 0.500. The molecular formula is C13H12Cl2N2O. The fourth-order valence-corrected chi connectivity index (χ4v) is 2.25. The Morgan fingerprint density at radius 2 is 2.06 bits per heavy atom. The summed E-state index contributed by atoms with van der Waals surface area (Å²) < 4.78 is 1.76. The Hall–Kier alpha value is -1.32. The van der Waals surface area contributed by atoms with Crippen molar-refractivity contribution in [3.05, 3.63) is 50.8 Å². The zero-order valence-electron chi connectivity index (χ0n) is 10.1. The van der Waals surface area contributed by atoms with Crippen molar-refractivity contribution in [2.75, 3.05) is 0 Å². The quantitative estimate of drug-likeness (QED) is 0.805. The van der Waals surface area contributed by atoms with Crippen LogP contribution in [0.4, 0.5) is 0 Å². The van der Waals surface area contributed by atoms with Gasteiger partial charge in [0, 0.05) is 5.69 Å². The molecule has 0 fully saturated rings. The van der Waals surface area contributed by atoms with Crippen LogP contribution in [0.25, 0.3) is 0 Å². The van der Waals surface area contributed by atoms with E-state index in [1.807, 2.05) is 26.0 Å². The summed E-state index contributed by atoms with van der Waals surface area (Å²) in [6, 6.07) is 5.48. The first-order valence-electron chi connectivity index (χ1n) is 5.46. The molecule has 0 amide bonds. The summed E-state index contributed by atoms with van der Waals surface area (Å²) in [4.78, 5) is 10.9. The number of aromatic nitrogens is 2. The Balaban J connectivity index is 2.40. The van der Waals surface area contributed by atoms with E-state index in [9.17, 15) is 4.79 Å². The summed E-state index contributed by atoms with van der Waals surface area (Å²) in [5.41, 5.74) is 3.07. The fourth-order valence-electron chi connectivity index (χ4n) is 1.87. The number of aldehydes is 1. The van der Waals surface area contributed by atoms with Crippen LogP contribution in [-0.4, -0.2) is 16.1 Å². The molecule has 0 aliphatic carbocycles. The average molecular weight is 283 g/mol. The molecule has 94 valence electrons. The number of rotatable bonds is 3. The molecular weight excluding hydrogens is 271 g/mol. The van der Waals surface area contributed by atoms with Gasteiger partial charge in [-0.1, -0.05) is 35.3 Å². The van der Waals surface area contributed by atoms with Crippen molar-refractivity contribution in [1.82, 2.24) is 9.78 Å². The lowest BCUT2D eigenvalue weighted by atomic mass is 10.2. The molecule has 0 atom stereocenters. The van der Waals surface area contributed by atoms with Crippen LogP contribution in [0.2, 0.25) is 10.0 Å². The predicted octanol–water partition coefficient (Wildman–Crippen LogP) is 3.67. The third-order valence-corrected chi connectivity index (χ3v) is 3.77. The first-order chi connectivity index (χ1) is 8.54. The lowest BCUT2D eigenvalue weighted by Gasteiger charge is -2.07. The SMILES string of the molecule is Cc1nn(Cc2cccc(Cl)c2Cl)c(C)c1C=O. The third kappa shape index (κ3) is 2.28. The lowest BCUT2D eigenvalue weighted by molar-refractivity contribution is 0.112. The highest BCUT2D eigenvalue weighted by Gasteiger charge is 2.12. The molecule has 2 aromatic rings. The van der Waals surface area contributed by atoms with E-state index in [0.717, 1.165) is 23.2 Å². The molecule has 0 aliphatic rings. The maximum atomic E-state index is 10.9. The van der Waals surface area contributed by atoms with Gasteiger partial charge in [-0.25, -0.2) is 0 Å². The zero-order valence-corrected chi connectivity index (χ0v) is 11.6. The van der Waals surface area contributed by atoms with Crippen LogP contribution in [-0.2, 0) is 6.54 Å². The number of carbonyl (C=O) groups excluding carboxylic acids is 1. The zero-order chi connectivity index (χ0) is 13.3. The van der Waals surface area contributed by atoms with E-state index in [-0.39, 0.29) is 0 Å². The molecule has 1 aromatic carbocycles. The van der Waals surface area contributed by atoms with E-state index in [1.165, 1.54) is 0 Å². The van der Waals surface area contributed by atoms with Crippen LogP contribution in [0.3, 0.4) is 0 Å². The van der Waals surface area contributed by atoms with E-state index < -0.39 is 0 Å². The molecule has 0 saturated carbocycles. The van der Waals surface area contributed by atoms with Crippen LogP contribution in [0.1, 0.15) is 27.3 Å². The molecule has 0 radical (unpaired) electrons. The molecule has 1 aromatic heterocycles. The Morgan fingerprint density at radius 3 is 2.67 bits per heavy atom. The van der Waals surface area contributed by atoms with Crippen LogP contribution in [0.5, 0.6) is 0 Å². The molecule has 0 spiro atoms. The topological polar surface area (TPSA) is 34.9 Å². The van der Waals surface area contributed by atoms with Crippen LogP contribution < -0.4 is 0 Å².